The molecule has 2 N–H and O–H groups in total. The van der Waals surface area contributed by atoms with E-state index < -0.39 is 0 Å². The third kappa shape index (κ3) is 3.57. The van der Waals surface area contributed by atoms with Crippen molar-refractivity contribution in [1.29, 1.82) is 0 Å². The molecule has 0 aromatic heterocycles. The number of aliphatic hydroxyl groups excluding tert-OH is 1. The minimum atomic E-state index is -0.293. The van der Waals surface area contributed by atoms with E-state index in [0.717, 1.165) is 5.56 Å². The van der Waals surface area contributed by atoms with Gasteiger partial charge in [0.2, 0.25) is 0 Å². The molecule has 4 heteroatoms. The van der Waals surface area contributed by atoms with Crippen LogP contribution in [-0.4, -0.2) is 32.5 Å². The first-order valence-corrected chi connectivity index (χ1v) is 7.56. The number of aromatic hydroxyl groups is 1. The fourth-order valence-electron chi connectivity index (χ4n) is 3.46. The van der Waals surface area contributed by atoms with Crippen LogP contribution >= 0.6 is 0 Å². The first kappa shape index (κ1) is 16.3. The van der Waals surface area contributed by atoms with Gasteiger partial charge in [0.25, 0.3) is 0 Å². The molecule has 1 saturated heterocycles. The zero-order chi connectivity index (χ0) is 15.8. The Morgan fingerprint density at radius 2 is 1.57 bits per heavy atom. The third-order valence-electron chi connectivity index (χ3n) is 4.20. The van der Waals surface area contributed by atoms with E-state index in [9.17, 15) is 10.2 Å². The van der Waals surface area contributed by atoms with Crippen molar-refractivity contribution in [2.75, 3.05) is 0 Å². The molecule has 0 amide bonds. The van der Waals surface area contributed by atoms with Crippen LogP contribution < -0.4 is 0 Å². The van der Waals surface area contributed by atoms with Crippen molar-refractivity contribution in [2.24, 2.45) is 0 Å². The predicted octanol–water partition coefficient (Wildman–Crippen LogP) is 3.40. The first-order chi connectivity index (χ1) is 9.62. The number of aliphatic hydroxyl groups is 1. The second-order valence-corrected chi connectivity index (χ2v) is 7.32. The third-order valence-corrected chi connectivity index (χ3v) is 4.20. The number of rotatable bonds is 3. The Morgan fingerprint density at radius 3 is 2.05 bits per heavy atom. The number of hydrogen-bond acceptors (Lipinski definition) is 4. The molecule has 0 bridgehead atoms. The molecular formula is C17H27NO3. The summed E-state index contributed by atoms with van der Waals surface area (Å²) >= 11 is 0. The summed E-state index contributed by atoms with van der Waals surface area (Å²) in [7, 11) is 0. The summed E-state index contributed by atoms with van der Waals surface area (Å²) in [6, 6.07) is 7.09. The largest absolute Gasteiger partial charge is 0.508 e. The van der Waals surface area contributed by atoms with Gasteiger partial charge in [0.05, 0.1) is 6.10 Å². The minimum Gasteiger partial charge on any atom is -0.508 e. The molecule has 2 rings (SSSR count). The van der Waals surface area contributed by atoms with Crippen LogP contribution in [0.15, 0.2) is 24.3 Å². The van der Waals surface area contributed by atoms with Crippen molar-refractivity contribution < 1.29 is 15.1 Å². The Morgan fingerprint density at radius 1 is 1.10 bits per heavy atom. The number of benzene rings is 1. The van der Waals surface area contributed by atoms with Gasteiger partial charge in [0.15, 0.2) is 0 Å². The summed E-state index contributed by atoms with van der Waals surface area (Å²) in [6.07, 6.45) is 0.982. The number of hydrogen-bond donors (Lipinski definition) is 2. The summed E-state index contributed by atoms with van der Waals surface area (Å²) < 4.78 is 0. The molecule has 1 aliphatic heterocycles. The molecule has 1 unspecified atom stereocenters. The summed E-state index contributed by atoms with van der Waals surface area (Å²) in [5.41, 5.74) is 0.559. The Labute approximate surface area is 127 Å². The van der Waals surface area contributed by atoms with Gasteiger partial charge in [-0.1, -0.05) is 12.1 Å². The van der Waals surface area contributed by atoms with Crippen LogP contribution in [0.2, 0.25) is 0 Å². The standard InChI is InChI=1S/C17H27NO3/c1-12(13-6-8-14(19)9-7-13)21-18-16(2,3)10-15(20)11-17(18,4)5/h6-9,12,15,19-20H,10-11H2,1-5H3. The monoisotopic (exact) mass is 293 g/mol. The van der Waals surface area contributed by atoms with Crippen LogP contribution in [0.25, 0.3) is 0 Å². The van der Waals surface area contributed by atoms with E-state index in [0.29, 0.717) is 12.8 Å². The molecule has 1 aromatic carbocycles. The smallest absolute Gasteiger partial charge is 0.115 e. The zero-order valence-corrected chi connectivity index (χ0v) is 13.6. The van der Waals surface area contributed by atoms with E-state index in [-0.39, 0.29) is 29.0 Å². The molecule has 0 aliphatic carbocycles. The van der Waals surface area contributed by atoms with Crippen molar-refractivity contribution in [3.8, 4) is 5.75 Å². The summed E-state index contributed by atoms with van der Waals surface area (Å²) in [4.78, 5) is 6.24. The summed E-state index contributed by atoms with van der Waals surface area (Å²) in [5.74, 6) is 0.257. The van der Waals surface area contributed by atoms with Crippen molar-refractivity contribution in [1.82, 2.24) is 5.06 Å². The number of nitrogens with zero attached hydrogens (tertiary/aromatic N) is 1. The summed E-state index contributed by atoms with van der Waals surface area (Å²) in [6.45, 7) is 10.4. The van der Waals surface area contributed by atoms with E-state index in [2.05, 4.69) is 27.7 Å². The van der Waals surface area contributed by atoms with Gasteiger partial charge in [-0.15, -0.1) is 0 Å². The lowest BCUT2D eigenvalue weighted by molar-refractivity contribution is -0.313. The van der Waals surface area contributed by atoms with Crippen LogP contribution in [-0.2, 0) is 4.84 Å². The molecule has 1 aromatic rings. The van der Waals surface area contributed by atoms with Gasteiger partial charge in [-0.25, -0.2) is 0 Å². The predicted molar refractivity (Wildman–Crippen MR) is 82.8 cm³/mol. The lowest BCUT2D eigenvalue weighted by Gasteiger charge is -2.53. The average molecular weight is 293 g/mol. The van der Waals surface area contributed by atoms with E-state index in [1.165, 1.54) is 0 Å². The van der Waals surface area contributed by atoms with Gasteiger partial charge in [-0.2, -0.15) is 5.06 Å². The van der Waals surface area contributed by atoms with Crippen molar-refractivity contribution in [3.05, 3.63) is 29.8 Å². The number of hydroxylamine groups is 2. The normalized spacial score (nSPS) is 23.9. The average Bonchev–Trinajstić information content (AvgIpc) is 2.33. The van der Waals surface area contributed by atoms with Gasteiger partial charge in [-0.05, 0) is 65.2 Å². The SMILES string of the molecule is CC(ON1C(C)(C)CC(O)CC1(C)C)c1ccc(O)cc1. The highest BCUT2D eigenvalue weighted by molar-refractivity contribution is 5.27. The van der Waals surface area contributed by atoms with Gasteiger partial charge in [0.1, 0.15) is 11.9 Å². The van der Waals surface area contributed by atoms with Crippen molar-refractivity contribution in [2.45, 2.75) is 70.7 Å². The summed E-state index contributed by atoms with van der Waals surface area (Å²) in [5, 5.41) is 21.5. The molecule has 1 fully saturated rings. The Bertz CT molecular complexity index is 463. The van der Waals surface area contributed by atoms with Gasteiger partial charge >= 0.3 is 0 Å². The topological polar surface area (TPSA) is 52.9 Å². The second-order valence-electron chi connectivity index (χ2n) is 7.32. The van der Waals surface area contributed by atoms with Gasteiger partial charge in [-0.3, -0.25) is 4.84 Å². The molecule has 1 aliphatic rings. The van der Waals surface area contributed by atoms with Crippen LogP contribution in [0, 0.1) is 0 Å². The maximum Gasteiger partial charge on any atom is 0.115 e. The second kappa shape index (κ2) is 5.59. The van der Waals surface area contributed by atoms with Crippen LogP contribution in [0.3, 0.4) is 0 Å². The highest BCUT2D eigenvalue weighted by Gasteiger charge is 2.46. The van der Waals surface area contributed by atoms with Crippen LogP contribution in [0.1, 0.15) is 59.1 Å². The molecule has 118 valence electrons. The quantitative estimate of drug-likeness (QED) is 0.897. The Kier molecular flexibility index (Phi) is 4.34. The number of phenols is 1. The van der Waals surface area contributed by atoms with Gasteiger partial charge < -0.3 is 10.2 Å². The van der Waals surface area contributed by atoms with E-state index >= 15 is 0 Å². The molecule has 0 radical (unpaired) electrons. The highest BCUT2D eigenvalue weighted by Crippen LogP contribution is 2.40. The number of phenolic OH excluding ortho intramolecular Hbond substituents is 1. The molecule has 21 heavy (non-hydrogen) atoms. The fraction of sp³-hybridized carbons (Fsp3) is 0.647. The Hall–Kier alpha value is -1.10. The van der Waals surface area contributed by atoms with Crippen LogP contribution in [0.4, 0.5) is 0 Å². The first-order valence-electron chi connectivity index (χ1n) is 7.56. The van der Waals surface area contributed by atoms with Crippen molar-refractivity contribution >= 4 is 0 Å². The zero-order valence-electron chi connectivity index (χ0n) is 13.6. The fourth-order valence-corrected chi connectivity index (χ4v) is 3.46. The van der Waals surface area contributed by atoms with Crippen LogP contribution in [0.5, 0.6) is 5.75 Å². The van der Waals surface area contributed by atoms with E-state index in [1.54, 1.807) is 12.1 Å². The maximum atomic E-state index is 10.1. The Balaban J connectivity index is 2.17. The molecule has 0 spiro atoms. The van der Waals surface area contributed by atoms with E-state index in [4.69, 9.17) is 4.84 Å². The van der Waals surface area contributed by atoms with Gasteiger partial charge in [0, 0.05) is 11.1 Å². The molecule has 1 heterocycles. The lowest BCUT2D eigenvalue weighted by Crippen LogP contribution is -2.61. The van der Waals surface area contributed by atoms with E-state index in [1.807, 2.05) is 24.1 Å². The van der Waals surface area contributed by atoms with Crippen molar-refractivity contribution in [3.63, 3.8) is 0 Å². The minimum absolute atomic E-state index is 0.112. The lowest BCUT2D eigenvalue weighted by atomic mass is 9.80. The molecule has 0 saturated carbocycles. The highest BCUT2D eigenvalue weighted by atomic mass is 16.7. The number of piperidine rings is 1. The maximum absolute atomic E-state index is 10.1. The molecular weight excluding hydrogens is 266 g/mol. The molecule has 4 nitrogen and oxygen atoms in total. The molecule has 1 atom stereocenters.